The summed E-state index contributed by atoms with van der Waals surface area (Å²) in [5.74, 6) is -0.426. The summed E-state index contributed by atoms with van der Waals surface area (Å²) in [6, 6.07) is 3.14. The summed E-state index contributed by atoms with van der Waals surface area (Å²) >= 11 is 1.33. The van der Waals surface area contributed by atoms with Gasteiger partial charge in [-0.3, -0.25) is 4.68 Å². The van der Waals surface area contributed by atoms with Gasteiger partial charge >= 0.3 is 5.97 Å². The fraction of sp³-hybridized carbons (Fsp3) is 0.200. The summed E-state index contributed by atoms with van der Waals surface area (Å²) in [5, 5.41) is 17.2. The molecule has 0 aliphatic carbocycles. The Morgan fingerprint density at radius 2 is 2.41 bits per heavy atom. The quantitative estimate of drug-likeness (QED) is 0.821. The molecule has 2 heterocycles. The van der Waals surface area contributed by atoms with Gasteiger partial charge in [-0.2, -0.15) is 0 Å². The van der Waals surface area contributed by atoms with Crippen LogP contribution in [0.4, 0.5) is 0 Å². The predicted octanol–water partition coefficient (Wildman–Crippen LogP) is 1.20. The minimum atomic E-state index is -0.972. The van der Waals surface area contributed by atoms with Gasteiger partial charge in [0.2, 0.25) is 0 Å². The van der Waals surface area contributed by atoms with Gasteiger partial charge in [0.05, 0.1) is 11.3 Å². The van der Waals surface area contributed by atoms with Gasteiger partial charge in [-0.1, -0.05) is 17.0 Å². The van der Waals surface area contributed by atoms with Crippen molar-refractivity contribution >= 4 is 17.7 Å². The predicted molar refractivity (Wildman–Crippen MR) is 61.8 cm³/mol. The van der Waals surface area contributed by atoms with E-state index in [9.17, 15) is 4.79 Å². The van der Waals surface area contributed by atoms with E-state index in [4.69, 9.17) is 5.11 Å². The molecule has 0 unspecified atom stereocenters. The molecule has 0 atom stereocenters. The first-order chi connectivity index (χ1) is 8.16. The lowest BCUT2D eigenvalue weighted by Gasteiger charge is -2.02. The zero-order valence-corrected chi connectivity index (χ0v) is 9.89. The number of aromatic carboxylic acids is 1. The van der Waals surface area contributed by atoms with Crippen LogP contribution in [-0.4, -0.2) is 31.1 Å². The maximum atomic E-state index is 11.0. The molecule has 0 fully saturated rings. The Hall–Kier alpha value is -1.89. The molecule has 0 aromatic carbocycles. The third-order valence-corrected chi connectivity index (χ3v) is 3.05. The van der Waals surface area contributed by atoms with Gasteiger partial charge in [-0.05, 0) is 12.1 Å². The monoisotopic (exact) mass is 250 g/mol. The zero-order chi connectivity index (χ0) is 12.3. The third kappa shape index (κ3) is 2.82. The Bertz CT molecular complexity index is 541. The smallest absolute Gasteiger partial charge is 0.338 e. The van der Waals surface area contributed by atoms with Crippen LogP contribution in [0.25, 0.3) is 0 Å². The molecule has 0 bridgehead atoms. The molecule has 7 heteroatoms. The topological polar surface area (TPSA) is 80.9 Å². The average molecular weight is 250 g/mol. The van der Waals surface area contributed by atoms with Crippen LogP contribution in [0.3, 0.4) is 0 Å². The molecule has 6 nitrogen and oxygen atoms in total. The van der Waals surface area contributed by atoms with Gasteiger partial charge in [0.15, 0.2) is 0 Å². The summed E-state index contributed by atoms with van der Waals surface area (Å²) in [7, 11) is 1.78. The van der Waals surface area contributed by atoms with Gasteiger partial charge in [-0.25, -0.2) is 9.78 Å². The second-order valence-electron chi connectivity index (χ2n) is 3.33. The lowest BCUT2D eigenvalue weighted by molar-refractivity contribution is 0.0692. The highest BCUT2D eigenvalue weighted by Gasteiger charge is 2.11. The molecular formula is C10H10N4O2S. The number of aryl methyl sites for hydroxylation is 1. The maximum Gasteiger partial charge on any atom is 0.338 e. The average Bonchev–Trinajstić information content (AvgIpc) is 2.73. The second kappa shape index (κ2) is 4.96. The minimum Gasteiger partial charge on any atom is -0.478 e. The summed E-state index contributed by atoms with van der Waals surface area (Å²) in [4.78, 5) is 15.0. The minimum absolute atomic E-state index is 0.210. The van der Waals surface area contributed by atoms with Crippen molar-refractivity contribution in [3.05, 3.63) is 35.8 Å². The number of pyridine rings is 1. The van der Waals surface area contributed by atoms with Crippen molar-refractivity contribution in [2.75, 3.05) is 0 Å². The Balaban J connectivity index is 2.11. The molecule has 88 valence electrons. The summed E-state index contributed by atoms with van der Waals surface area (Å²) in [6.07, 6.45) is 3.36. The van der Waals surface area contributed by atoms with Gasteiger partial charge in [-0.15, -0.1) is 5.10 Å². The van der Waals surface area contributed by atoms with Crippen molar-refractivity contribution in [1.29, 1.82) is 0 Å². The number of nitrogens with zero attached hydrogens (tertiary/aromatic N) is 4. The van der Waals surface area contributed by atoms with E-state index >= 15 is 0 Å². The van der Waals surface area contributed by atoms with Crippen LogP contribution in [0, 0.1) is 0 Å². The van der Waals surface area contributed by atoms with Crippen LogP contribution in [0.15, 0.2) is 29.6 Å². The van der Waals surface area contributed by atoms with Crippen molar-refractivity contribution < 1.29 is 9.90 Å². The standard InChI is InChI=1S/C10H10N4O2S/c1-14-5-7(12-13-14)6-17-9-8(10(15)16)3-2-4-11-9/h2-5H,6H2,1H3,(H,15,16). The maximum absolute atomic E-state index is 11.0. The van der Waals surface area contributed by atoms with Crippen LogP contribution in [0.5, 0.6) is 0 Å². The normalized spacial score (nSPS) is 10.4. The third-order valence-electron chi connectivity index (χ3n) is 2.01. The highest BCUT2D eigenvalue weighted by molar-refractivity contribution is 7.98. The van der Waals surface area contributed by atoms with E-state index < -0.39 is 5.97 Å². The molecule has 2 aromatic heterocycles. The molecule has 0 radical (unpaired) electrons. The first kappa shape index (κ1) is 11.6. The number of hydrogen-bond donors (Lipinski definition) is 1. The van der Waals surface area contributed by atoms with E-state index in [1.165, 1.54) is 17.8 Å². The van der Waals surface area contributed by atoms with E-state index in [-0.39, 0.29) is 5.56 Å². The lowest BCUT2D eigenvalue weighted by atomic mass is 10.3. The summed E-state index contributed by atoms with van der Waals surface area (Å²) in [5.41, 5.74) is 1.00. The molecule has 0 spiro atoms. The molecule has 17 heavy (non-hydrogen) atoms. The number of carbonyl (C=O) groups is 1. The first-order valence-electron chi connectivity index (χ1n) is 4.83. The number of aromatic nitrogens is 4. The highest BCUT2D eigenvalue weighted by atomic mass is 32.2. The van der Waals surface area contributed by atoms with Gasteiger partial charge < -0.3 is 5.11 Å². The Morgan fingerprint density at radius 1 is 1.59 bits per heavy atom. The molecule has 2 aromatic rings. The molecule has 0 saturated heterocycles. The summed E-state index contributed by atoms with van der Waals surface area (Å²) < 4.78 is 1.60. The van der Waals surface area contributed by atoms with Crippen molar-refractivity contribution in [2.45, 2.75) is 10.8 Å². The van der Waals surface area contributed by atoms with Crippen LogP contribution >= 0.6 is 11.8 Å². The van der Waals surface area contributed by atoms with E-state index in [1.54, 1.807) is 30.2 Å². The molecular weight excluding hydrogens is 240 g/mol. The largest absolute Gasteiger partial charge is 0.478 e. The first-order valence-corrected chi connectivity index (χ1v) is 5.81. The molecule has 0 aliphatic heterocycles. The van der Waals surface area contributed by atoms with Gasteiger partial charge in [0, 0.05) is 25.2 Å². The number of hydrogen-bond acceptors (Lipinski definition) is 5. The zero-order valence-electron chi connectivity index (χ0n) is 9.07. The van der Waals surface area contributed by atoms with Crippen LogP contribution < -0.4 is 0 Å². The van der Waals surface area contributed by atoms with Gasteiger partial charge in [0.1, 0.15) is 5.03 Å². The Kier molecular flexibility index (Phi) is 3.38. The van der Waals surface area contributed by atoms with Crippen molar-refractivity contribution in [3.63, 3.8) is 0 Å². The Labute approximate surface area is 102 Å². The van der Waals surface area contributed by atoms with Crippen LogP contribution in [0.1, 0.15) is 16.1 Å². The fourth-order valence-corrected chi connectivity index (χ4v) is 2.14. The molecule has 0 aliphatic rings. The molecule has 1 N–H and O–H groups in total. The number of rotatable bonds is 4. The van der Waals surface area contributed by atoms with Crippen LogP contribution in [0.2, 0.25) is 0 Å². The second-order valence-corrected chi connectivity index (χ2v) is 4.30. The molecule has 0 saturated carbocycles. The molecule has 0 amide bonds. The van der Waals surface area contributed by atoms with E-state index in [1.807, 2.05) is 0 Å². The van der Waals surface area contributed by atoms with E-state index in [0.29, 0.717) is 10.8 Å². The number of carboxylic acids is 1. The highest BCUT2D eigenvalue weighted by Crippen LogP contribution is 2.23. The van der Waals surface area contributed by atoms with Crippen molar-refractivity contribution in [3.8, 4) is 0 Å². The lowest BCUT2D eigenvalue weighted by Crippen LogP contribution is -2.00. The van der Waals surface area contributed by atoms with Crippen LogP contribution in [-0.2, 0) is 12.8 Å². The van der Waals surface area contributed by atoms with Gasteiger partial charge in [0.25, 0.3) is 0 Å². The summed E-state index contributed by atoms with van der Waals surface area (Å²) in [6.45, 7) is 0. The number of carboxylic acid groups (broad SMARTS) is 1. The van der Waals surface area contributed by atoms with E-state index in [2.05, 4.69) is 15.3 Å². The van der Waals surface area contributed by atoms with E-state index in [0.717, 1.165) is 5.69 Å². The van der Waals surface area contributed by atoms with Crippen molar-refractivity contribution in [2.24, 2.45) is 7.05 Å². The Morgan fingerprint density at radius 3 is 3.06 bits per heavy atom. The molecule has 2 rings (SSSR count). The SMILES string of the molecule is Cn1cc(CSc2ncccc2C(=O)O)nn1. The van der Waals surface area contributed by atoms with Crippen molar-refractivity contribution in [1.82, 2.24) is 20.0 Å². The fourth-order valence-electron chi connectivity index (χ4n) is 1.27. The number of thioether (sulfide) groups is 1.